The maximum Gasteiger partial charge on any atom is 0.187 e. The van der Waals surface area contributed by atoms with Gasteiger partial charge in [0.2, 0.25) is 0 Å². The number of hydrogen-bond acceptors (Lipinski definition) is 3. The first kappa shape index (κ1) is 12.5. The van der Waals surface area contributed by atoms with Crippen LogP contribution in [0.15, 0.2) is 22.6 Å². The minimum absolute atomic E-state index is 0.534. The lowest BCUT2D eigenvalue weighted by atomic mass is 10.3. The Kier molecular flexibility index (Phi) is 4.50. The summed E-state index contributed by atoms with van der Waals surface area (Å²) in [4.78, 5) is 1.17. The maximum atomic E-state index is 5.21. The van der Waals surface area contributed by atoms with Crippen molar-refractivity contribution in [3.05, 3.63) is 22.4 Å². The highest BCUT2D eigenvalue weighted by molar-refractivity contribution is 7.80. The van der Waals surface area contributed by atoms with Crippen LogP contribution < -0.4 is 10.7 Å². The molecule has 0 aromatic carbocycles. The summed E-state index contributed by atoms with van der Waals surface area (Å²) in [5, 5.41) is 10.3. The number of nitrogens with one attached hydrogen (secondary N) is 2. The molecule has 3 nitrogen and oxygen atoms in total. The third-order valence-electron chi connectivity index (χ3n) is 2.89. The van der Waals surface area contributed by atoms with Crippen molar-refractivity contribution in [3.63, 3.8) is 0 Å². The van der Waals surface area contributed by atoms with Gasteiger partial charge in [-0.05, 0) is 43.4 Å². The number of thiocarbonyl (C=S) groups is 1. The van der Waals surface area contributed by atoms with Crippen LogP contribution in [-0.4, -0.2) is 16.9 Å². The highest BCUT2D eigenvalue weighted by Crippen LogP contribution is 2.17. The number of rotatable bonds is 3. The Hall–Kier alpha value is -0.940. The van der Waals surface area contributed by atoms with E-state index in [-0.39, 0.29) is 0 Å². The van der Waals surface area contributed by atoms with Crippen molar-refractivity contribution in [2.24, 2.45) is 5.10 Å². The molecule has 0 unspecified atom stereocenters. The molecule has 1 heterocycles. The molecule has 1 aliphatic carbocycles. The Bertz CT molecular complexity index is 392. The van der Waals surface area contributed by atoms with Crippen LogP contribution >= 0.6 is 23.6 Å². The monoisotopic (exact) mass is 267 g/mol. The van der Waals surface area contributed by atoms with Crippen molar-refractivity contribution in [3.8, 4) is 0 Å². The summed E-state index contributed by atoms with van der Waals surface area (Å²) in [5.74, 6) is 0. The average molecular weight is 267 g/mol. The second-order valence-corrected chi connectivity index (χ2v) is 5.60. The quantitative estimate of drug-likeness (QED) is 0.502. The summed E-state index contributed by atoms with van der Waals surface area (Å²) >= 11 is 6.89. The fraction of sp³-hybridized carbons (Fsp3) is 0.500. The maximum absolute atomic E-state index is 5.21. The van der Waals surface area contributed by atoms with Crippen LogP contribution in [0, 0.1) is 0 Å². The Labute approximate surface area is 111 Å². The van der Waals surface area contributed by atoms with Crippen molar-refractivity contribution in [1.29, 1.82) is 0 Å². The summed E-state index contributed by atoms with van der Waals surface area (Å²) in [6.45, 7) is 1.98. The van der Waals surface area contributed by atoms with E-state index in [0.717, 1.165) is 5.71 Å². The lowest BCUT2D eigenvalue weighted by Crippen LogP contribution is -2.38. The van der Waals surface area contributed by atoms with Crippen molar-refractivity contribution < 1.29 is 0 Å². The third kappa shape index (κ3) is 3.78. The first-order valence-corrected chi connectivity index (χ1v) is 7.19. The molecule has 1 fully saturated rings. The van der Waals surface area contributed by atoms with E-state index >= 15 is 0 Å². The van der Waals surface area contributed by atoms with Crippen molar-refractivity contribution >= 4 is 34.4 Å². The smallest absolute Gasteiger partial charge is 0.187 e. The van der Waals surface area contributed by atoms with Gasteiger partial charge in [-0.25, -0.2) is 0 Å². The van der Waals surface area contributed by atoms with Gasteiger partial charge in [0, 0.05) is 10.9 Å². The van der Waals surface area contributed by atoms with Gasteiger partial charge in [0.05, 0.1) is 5.71 Å². The van der Waals surface area contributed by atoms with Crippen LogP contribution in [0.4, 0.5) is 0 Å². The third-order valence-corrected chi connectivity index (χ3v) is 4.08. The summed E-state index contributed by atoms with van der Waals surface area (Å²) in [6.07, 6.45) is 5.04. The van der Waals surface area contributed by atoms with E-state index in [1.54, 1.807) is 11.3 Å². The van der Waals surface area contributed by atoms with Crippen LogP contribution in [0.3, 0.4) is 0 Å². The molecule has 1 aromatic rings. The number of hydrogen-bond donors (Lipinski definition) is 2. The predicted octanol–water partition coefficient (Wildman–Crippen LogP) is 2.88. The highest BCUT2D eigenvalue weighted by atomic mass is 32.1. The Balaban J connectivity index is 1.80. The lowest BCUT2D eigenvalue weighted by molar-refractivity contribution is 0.624. The van der Waals surface area contributed by atoms with Gasteiger partial charge in [-0.1, -0.05) is 18.9 Å². The molecule has 0 saturated heterocycles. The average Bonchev–Trinajstić information content (AvgIpc) is 2.97. The van der Waals surface area contributed by atoms with Gasteiger partial charge >= 0.3 is 0 Å². The highest BCUT2D eigenvalue weighted by Gasteiger charge is 2.15. The zero-order chi connectivity index (χ0) is 12.1. The molecule has 17 heavy (non-hydrogen) atoms. The van der Waals surface area contributed by atoms with Gasteiger partial charge in [-0.2, -0.15) is 5.10 Å². The Morgan fingerprint density at radius 1 is 1.47 bits per heavy atom. The molecule has 0 bridgehead atoms. The normalized spacial score (nSPS) is 17.1. The van der Waals surface area contributed by atoms with E-state index in [2.05, 4.69) is 21.9 Å². The fourth-order valence-electron chi connectivity index (χ4n) is 1.96. The van der Waals surface area contributed by atoms with E-state index in [0.29, 0.717) is 11.2 Å². The fourth-order valence-corrected chi connectivity index (χ4v) is 2.85. The van der Waals surface area contributed by atoms with Crippen LogP contribution in [0.25, 0.3) is 0 Å². The zero-order valence-corrected chi connectivity index (χ0v) is 11.5. The van der Waals surface area contributed by atoms with Crippen LogP contribution in [0.1, 0.15) is 37.5 Å². The van der Waals surface area contributed by atoms with Gasteiger partial charge in [0.25, 0.3) is 0 Å². The van der Waals surface area contributed by atoms with E-state index in [9.17, 15) is 0 Å². The predicted molar refractivity (Wildman–Crippen MR) is 77.7 cm³/mol. The summed E-state index contributed by atoms with van der Waals surface area (Å²) in [5.41, 5.74) is 3.88. The molecule has 2 rings (SSSR count). The van der Waals surface area contributed by atoms with Crippen molar-refractivity contribution in [2.45, 2.75) is 38.6 Å². The summed E-state index contributed by atoms with van der Waals surface area (Å²) in [6, 6.07) is 4.61. The number of hydrazone groups is 1. The SMILES string of the molecule is CC(=NNC(=S)NC1CCCC1)c1cccs1. The minimum atomic E-state index is 0.534. The molecule has 0 spiro atoms. The molecular formula is C12H17N3S2. The lowest BCUT2D eigenvalue weighted by Gasteiger charge is -2.13. The first-order chi connectivity index (χ1) is 8.25. The molecule has 0 amide bonds. The molecule has 5 heteroatoms. The van der Waals surface area contributed by atoms with Crippen molar-refractivity contribution in [1.82, 2.24) is 10.7 Å². The molecule has 0 atom stereocenters. The Morgan fingerprint density at radius 2 is 2.24 bits per heavy atom. The van der Waals surface area contributed by atoms with Gasteiger partial charge in [0.1, 0.15) is 0 Å². The van der Waals surface area contributed by atoms with E-state index in [1.165, 1.54) is 30.6 Å². The molecule has 1 aromatic heterocycles. The molecule has 92 valence electrons. The standard InChI is InChI=1S/C12H17N3S2/c1-9(11-7-4-8-17-11)14-15-12(16)13-10-5-2-3-6-10/h4,7-8,10H,2-3,5-6H2,1H3,(H2,13,15,16). The van der Waals surface area contributed by atoms with E-state index in [4.69, 9.17) is 12.2 Å². The second kappa shape index (κ2) is 6.12. The summed E-state index contributed by atoms with van der Waals surface area (Å²) < 4.78 is 0. The van der Waals surface area contributed by atoms with E-state index < -0.39 is 0 Å². The largest absolute Gasteiger partial charge is 0.359 e. The van der Waals surface area contributed by atoms with Gasteiger partial charge in [0.15, 0.2) is 5.11 Å². The second-order valence-electron chi connectivity index (χ2n) is 4.24. The van der Waals surface area contributed by atoms with Gasteiger partial charge in [-0.3, -0.25) is 5.43 Å². The van der Waals surface area contributed by atoms with Crippen molar-refractivity contribution in [2.75, 3.05) is 0 Å². The van der Waals surface area contributed by atoms with Gasteiger partial charge < -0.3 is 5.32 Å². The number of nitrogens with zero attached hydrogens (tertiary/aromatic N) is 1. The molecule has 0 aliphatic heterocycles. The van der Waals surface area contributed by atoms with Crippen LogP contribution in [-0.2, 0) is 0 Å². The molecule has 1 saturated carbocycles. The molecule has 2 N–H and O–H groups in total. The molecule has 1 aliphatic rings. The molecular weight excluding hydrogens is 250 g/mol. The Morgan fingerprint density at radius 3 is 2.88 bits per heavy atom. The number of thiophene rings is 1. The zero-order valence-electron chi connectivity index (χ0n) is 9.90. The first-order valence-electron chi connectivity index (χ1n) is 5.90. The minimum Gasteiger partial charge on any atom is -0.359 e. The molecule has 0 radical (unpaired) electrons. The topological polar surface area (TPSA) is 36.4 Å². The van der Waals surface area contributed by atoms with Crippen LogP contribution in [0.2, 0.25) is 0 Å². The van der Waals surface area contributed by atoms with E-state index in [1.807, 2.05) is 18.4 Å². The van der Waals surface area contributed by atoms with Crippen LogP contribution in [0.5, 0.6) is 0 Å². The summed E-state index contributed by atoms with van der Waals surface area (Å²) in [7, 11) is 0. The van der Waals surface area contributed by atoms with Gasteiger partial charge in [-0.15, -0.1) is 11.3 Å².